The molecule has 0 aromatic heterocycles. The first-order valence-electron chi connectivity index (χ1n) is 6.37. The Bertz CT molecular complexity index is 297. The number of hydrogen-bond acceptors (Lipinski definition) is 0. The maximum absolute atomic E-state index is 4.22. The van der Waals surface area contributed by atoms with Crippen LogP contribution in [0.3, 0.4) is 0 Å². The SMILES string of the molecule is C=C(C)C1CC[C@@H](C)C12CC=C(C)CC2. The lowest BCUT2D eigenvalue weighted by Crippen LogP contribution is -2.33. The standard InChI is InChI=1S/C15H24/c1-11(2)14-6-5-13(4)15(14)9-7-12(3)8-10-15/h7,13-14H,1,5-6,8-10H2,2-4H3/t13-,14?,15?/m1/s1. The Morgan fingerprint density at radius 1 is 1.47 bits per heavy atom. The third-order valence-electron chi connectivity index (χ3n) is 4.97. The van der Waals surface area contributed by atoms with Gasteiger partial charge < -0.3 is 0 Å². The molecular weight excluding hydrogens is 180 g/mol. The summed E-state index contributed by atoms with van der Waals surface area (Å²) in [4.78, 5) is 0. The molecule has 2 unspecified atom stereocenters. The third-order valence-corrected chi connectivity index (χ3v) is 4.97. The van der Waals surface area contributed by atoms with Crippen LogP contribution in [0.5, 0.6) is 0 Å². The Kier molecular flexibility index (Phi) is 2.79. The van der Waals surface area contributed by atoms with Crippen molar-refractivity contribution in [1.82, 2.24) is 0 Å². The van der Waals surface area contributed by atoms with Crippen LogP contribution in [0.1, 0.15) is 52.9 Å². The molecule has 3 atom stereocenters. The van der Waals surface area contributed by atoms with Crippen molar-refractivity contribution < 1.29 is 0 Å². The van der Waals surface area contributed by atoms with Crippen LogP contribution in [0.15, 0.2) is 23.8 Å². The second-order valence-electron chi connectivity index (χ2n) is 5.87. The van der Waals surface area contributed by atoms with E-state index < -0.39 is 0 Å². The molecule has 2 aliphatic carbocycles. The van der Waals surface area contributed by atoms with Gasteiger partial charge in [-0.3, -0.25) is 0 Å². The summed E-state index contributed by atoms with van der Waals surface area (Å²) in [6.45, 7) is 11.2. The number of rotatable bonds is 1. The quantitative estimate of drug-likeness (QED) is 0.542. The van der Waals surface area contributed by atoms with E-state index in [4.69, 9.17) is 0 Å². The lowest BCUT2D eigenvalue weighted by molar-refractivity contribution is 0.142. The Balaban J connectivity index is 2.27. The molecule has 0 heterocycles. The van der Waals surface area contributed by atoms with E-state index in [9.17, 15) is 0 Å². The topological polar surface area (TPSA) is 0 Å². The van der Waals surface area contributed by atoms with Gasteiger partial charge in [0, 0.05) is 0 Å². The van der Waals surface area contributed by atoms with Crippen molar-refractivity contribution in [3.8, 4) is 0 Å². The molecule has 15 heavy (non-hydrogen) atoms. The molecule has 0 amide bonds. The third kappa shape index (κ3) is 1.68. The summed E-state index contributed by atoms with van der Waals surface area (Å²) in [6, 6.07) is 0. The van der Waals surface area contributed by atoms with E-state index in [1.54, 1.807) is 5.57 Å². The summed E-state index contributed by atoms with van der Waals surface area (Å²) in [5, 5.41) is 0. The van der Waals surface area contributed by atoms with Crippen molar-refractivity contribution in [2.24, 2.45) is 17.3 Å². The molecule has 0 radical (unpaired) electrons. The van der Waals surface area contributed by atoms with Crippen LogP contribution in [0.25, 0.3) is 0 Å². The van der Waals surface area contributed by atoms with Gasteiger partial charge in [-0.2, -0.15) is 0 Å². The first-order chi connectivity index (χ1) is 7.06. The predicted octanol–water partition coefficient (Wildman–Crippen LogP) is 4.73. The largest absolute Gasteiger partial charge is 0.0998 e. The fraction of sp³-hybridized carbons (Fsp3) is 0.733. The number of allylic oxidation sites excluding steroid dienone is 3. The first kappa shape index (κ1) is 11.0. The lowest BCUT2D eigenvalue weighted by atomic mass is 9.63. The molecule has 0 N–H and O–H groups in total. The second kappa shape index (κ2) is 3.81. The van der Waals surface area contributed by atoms with Crippen molar-refractivity contribution >= 4 is 0 Å². The Morgan fingerprint density at radius 2 is 2.20 bits per heavy atom. The monoisotopic (exact) mass is 204 g/mol. The molecule has 0 bridgehead atoms. The molecule has 0 aromatic rings. The molecule has 0 nitrogen and oxygen atoms in total. The number of hydrogen-bond donors (Lipinski definition) is 0. The molecule has 2 aliphatic rings. The van der Waals surface area contributed by atoms with Gasteiger partial charge in [-0.05, 0) is 63.2 Å². The van der Waals surface area contributed by atoms with Gasteiger partial charge in [0.2, 0.25) is 0 Å². The maximum atomic E-state index is 4.22. The van der Waals surface area contributed by atoms with Gasteiger partial charge in [0.05, 0.1) is 0 Å². The summed E-state index contributed by atoms with van der Waals surface area (Å²) in [5.74, 6) is 1.68. The van der Waals surface area contributed by atoms with E-state index in [2.05, 4.69) is 33.4 Å². The van der Waals surface area contributed by atoms with Crippen LogP contribution < -0.4 is 0 Å². The summed E-state index contributed by atoms with van der Waals surface area (Å²) in [6.07, 6.45) is 9.29. The molecule has 1 fully saturated rings. The van der Waals surface area contributed by atoms with Crippen LogP contribution in [0.2, 0.25) is 0 Å². The van der Waals surface area contributed by atoms with Crippen molar-refractivity contribution in [2.75, 3.05) is 0 Å². The van der Waals surface area contributed by atoms with Crippen molar-refractivity contribution in [1.29, 1.82) is 0 Å². The molecule has 0 aliphatic heterocycles. The zero-order chi connectivity index (χ0) is 11.1. The Hall–Kier alpha value is -0.520. The van der Waals surface area contributed by atoms with Gasteiger partial charge in [-0.25, -0.2) is 0 Å². The second-order valence-corrected chi connectivity index (χ2v) is 5.87. The molecular formula is C15H24. The molecule has 2 rings (SSSR count). The van der Waals surface area contributed by atoms with E-state index >= 15 is 0 Å². The molecule has 0 aromatic carbocycles. The van der Waals surface area contributed by atoms with E-state index in [0.717, 1.165) is 11.8 Å². The normalized spacial score (nSPS) is 40.6. The summed E-state index contributed by atoms with van der Waals surface area (Å²) in [5.41, 5.74) is 3.60. The van der Waals surface area contributed by atoms with Gasteiger partial charge >= 0.3 is 0 Å². The lowest BCUT2D eigenvalue weighted by Gasteiger charge is -2.42. The van der Waals surface area contributed by atoms with Gasteiger partial charge in [0.15, 0.2) is 0 Å². The molecule has 0 saturated heterocycles. The van der Waals surface area contributed by atoms with Crippen LogP contribution in [0, 0.1) is 17.3 Å². The fourth-order valence-electron chi connectivity index (χ4n) is 3.83. The minimum absolute atomic E-state index is 0.575. The van der Waals surface area contributed by atoms with Crippen molar-refractivity contribution in [3.63, 3.8) is 0 Å². The highest BCUT2D eigenvalue weighted by molar-refractivity contribution is 5.17. The Morgan fingerprint density at radius 3 is 2.73 bits per heavy atom. The summed E-state index contributed by atoms with van der Waals surface area (Å²) >= 11 is 0. The van der Waals surface area contributed by atoms with Gasteiger partial charge in [0.1, 0.15) is 0 Å². The van der Waals surface area contributed by atoms with E-state index in [1.807, 2.05) is 0 Å². The molecule has 84 valence electrons. The smallest absolute Gasteiger partial charge is 0.0146 e. The highest BCUT2D eigenvalue weighted by atomic mass is 14.5. The summed E-state index contributed by atoms with van der Waals surface area (Å²) < 4.78 is 0. The van der Waals surface area contributed by atoms with Crippen molar-refractivity contribution in [3.05, 3.63) is 23.8 Å². The first-order valence-corrected chi connectivity index (χ1v) is 6.37. The van der Waals surface area contributed by atoms with Gasteiger partial charge in [-0.15, -0.1) is 0 Å². The van der Waals surface area contributed by atoms with Crippen LogP contribution in [0.4, 0.5) is 0 Å². The zero-order valence-corrected chi connectivity index (χ0v) is 10.5. The van der Waals surface area contributed by atoms with Crippen LogP contribution >= 0.6 is 0 Å². The average Bonchev–Trinajstić information content (AvgIpc) is 2.50. The van der Waals surface area contributed by atoms with Gasteiger partial charge in [0.25, 0.3) is 0 Å². The van der Waals surface area contributed by atoms with Crippen molar-refractivity contribution in [2.45, 2.75) is 52.9 Å². The summed E-state index contributed by atoms with van der Waals surface area (Å²) in [7, 11) is 0. The highest BCUT2D eigenvalue weighted by Gasteiger charge is 2.47. The Labute approximate surface area is 94.5 Å². The van der Waals surface area contributed by atoms with Gasteiger partial charge in [-0.1, -0.05) is 30.7 Å². The maximum Gasteiger partial charge on any atom is -0.0146 e. The highest BCUT2D eigenvalue weighted by Crippen LogP contribution is 2.57. The average molecular weight is 204 g/mol. The van der Waals surface area contributed by atoms with E-state index in [1.165, 1.54) is 37.7 Å². The molecule has 1 spiro atoms. The van der Waals surface area contributed by atoms with E-state index in [0.29, 0.717) is 5.41 Å². The van der Waals surface area contributed by atoms with E-state index in [-0.39, 0.29) is 0 Å². The minimum atomic E-state index is 0.575. The molecule has 0 heteroatoms. The zero-order valence-electron chi connectivity index (χ0n) is 10.5. The predicted molar refractivity (Wildman–Crippen MR) is 66.7 cm³/mol. The minimum Gasteiger partial charge on any atom is -0.0998 e. The molecule has 1 saturated carbocycles. The fourth-order valence-corrected chi connectivity index (χ4v) is 3.83. The van der Waals surface area contributed by atoms with Crippen LogP contribution in [-0.4, -0.2) is 0 Å². The van der Waals surface area contributed by atoms with Crippen LogP contribution in [-0.2, 0) is 0 Å².